The number of nitrogens with one attached hydrogen (secondary N) is 2. The molecule has 3 aromatic rings. The van der Waals surface area contributed by atoms with Gasteiger partial charge in [-0.2, -0.15) is 13.2 Å². The number of carbonyl (C=O) groups excluding carboxylic acids is 2. The van der Waals surface area contributed by atoms with Crippen LogP contribution in [0.1, 0.15) is 32.5 Å². The fraction of sp³-hybridized carbons (Fsp3) is 0.111. The van der Waals surface area contributed by atoms with Gasteiger partial charge in [-0.15, -0.1) is 0 Å². The number of aromatic carboxylic acids is 1. The van der Waals surface area contributed by atoms with Crippen molar-refractivity contribution in [2.45, 2.75) is 12.2 Å². The molecule has 5 nitrogen and oxygen atoms in total. The van der Waals surface area contributed by atoms with Crippen LogP contribution in [0.4, 0.5) is 13.2 Å². The number of carboxylic acids is 1. The Kier molecular flexibility index (Phi) is 6.15. The fourth-order valence-electron chi connectivity index (χ4n) is 2.74. The Labute approximate surface area is 186 Å². The SMILES string of the molecule is O=C(NC(c1cc(Cl)c(Cl)c(Cl)c1)C(F)(F)F)c1cc2cc(C(=O)[O-])c(Cl)cc2[nH]1. The van der Waals surface area contributed by atoms with E-state index in [1.807, 2.05) is 5.32 Å². The summed E-state index contributed by atoms with van der Waals surface area (Å²) in [6.07, 6.45) is -4.88. The zero-order valence-electron chi connectivity index (χ0n) is 14.3. The average Bonchev–Trinajstić information content (AvgIpc) is 3.04. The van der Waals surface area contributed by atoms with Crippen LogP contribution in [0.15, 0.2) is 30.3 Å². The Morgan fingerprint density at radius 2 is 1.57 bits per heavy atom. The van der Waals surface area contributed by atoms with Crippen molar-refractivity contribution >= 4 is 69.2 Å². The number of carbonyl (C=O) groups is 2. The molecule has 30 heavy (non-hydrogen) atoms. The van der Waals surface area contributed by atoms with Crippen LogP contribution in [0.5, 0.6) is 0 Å². The molecule has 158 valence electrons. The number of rotatable bonds is 4. The lowest BCUT2D eigenvalue weighted by atomic mass is 10.1. The molecule has 2 N–H and O–H groups in total. The maximum atomic E-state index is 13.6. The lowest BCUT2D eigenvalue weighted by Gasteiger charge is -2.22. The molecule has 1 unspecified atom stereocenters. The first-order chi connectivity index (χ1) is 13.9. The second-order valence-electron chi connectivity index (χ2n) is 6.14. The Morgan fingerprint density at radius 1 is 0.967 bits per heavy atom. The summed E-state index contributed by atoms with van der Waals surface area (Å²) in [4.78, 5) is 26.1. The fourth-order valence-corrected chi connectivity index (χ4v) is 3.59. The molecule has 0 aliphatic heterocycles. The molecule has 1 atom stereocenters. The lowest BCUT2D eigenvalue weighted by Crippen LogP contribution is -2.38. The maximum absolute atomic E-state index is 13.6. The van der Waals surface area contributed by atoms with Gasteiger partial charge in [-0.1, -0.05) is 46.4 Å². The van der Waals surface area contributed by atoms with E-state index < -0.39 is 29.7 Å². The second-order valence-corrected chi connectivity index (χ2v) is 7.74. The molecule has 0 bridgehead atoms. The summed E-state index contributed by atoms with van der Waals surface area (Å²) in [5, 5.41) is 12.5. The lowest BCUT2D eigenvalue weighted by molar-refractivity contribution is -0.255. The summed E-state index contributed by atoms with van der Waals surface area (Å²) >= 11 is 23.2. The highest BCUT2D eigenvalue weighted by atomic mass is 35.5. The highest BCUT2D eigenvalue weighted by molar-refractivity contribution is 6.48. The van der Waals surface area contributed by atoms with Gasteiger partial charge in [-0.05, 0) is 35.9 Å². The quantitative estimate of drug-likeness (QED) is 0.486. The normalized spacial score (nSPS) is 12.8. The van der Waals surface area contributed by atoms with Crippen LogP contribution >= 0.6 is 46.4 Å². The third-order valence-electron chi connectivity index (χ3n) is 4.12. The first-order valence-electron chi connectivity index (χ1n) is 7.94. The number of carboxylic acid groups (broad SMARTS) is 1. The summed E-state index contributed by atoms with van der Waals surface area (Å²) in [7, 11) is 0. The van der Waals surface area contributed by atoms with E-state index in [0.717, 1.165) is 18.2 Å². The number of H-pyrrole nitrogens is 1. The maximum Gasteiger partial charge on any atom is 0.412 e. The van der Waals surface area contributed by atoms with Gasteiger partial charge >= 0.3 is 6.18 Å². The van der Waals surface area contributed by atoms with Crippen molar-refractivity contribution in [1.29, 1.82) is 0 Å². The van der Waals surface area contributed by atoms with Gasteiger partial charge in [0.05, 0.1) is 26.1 Å². The van der Waals surface area contributed by atoms with E-state index >= 15 is 0 Å². The van der Waals surface area contributed by atoms with Crippen LogP contribution in [-0.2, 0) is 0 Å². The minimum atomic E-state index is -4.88. The summed E-state index contributed by atoms with van der Waals surface area (Å²) in [6, 6.07) is 3.00. The van der Waals surface area contributed by atoms with Crippen LogP contribution in [0.3, 0.4) is 0 Å². The van der Waals surface area contributed by atoms with Crippen LogP contribution in [0, 0.1) is 0 Å². The number of hydrogen-bond donors (Lipinski definition) is 2. The zero-order chi connectivity index (χ0) is 22.4. The van der Waals surface area contributed by atoms with Gasteiger partial charge in [-0.25, -0.2) is 0 Å². The predicted molar refractivity (Wildman–Crippen MR) is 105 cm³/mol. The van der Waals surface area contributed by atoms with Crippen molar-refractivity contribution < 1.29 is 27.9 Å². The van der Waals surface area contributed by atoms with Crippen molar-refractivity contribution in [3.8, 4) is 0 Å². The number of aromatic nitrogens is 1. The van der Waals surface area contributed by atoms with E-state index in [-0.39, 0.29) is 42.3 Å². The van der Waals surface area contributed by atoms with Gasteiger partial charge in [0.15, 0.2) is 6.04 Å². The van der Waals surface area contributed by atoms with Gasteiger partial charge in [0.1, 0.15) is 5.69 Å². The van der Waals surface area contributed by atoms with E-state index in [9.17, 15) is 27.9 Å². The summed E-state index contributed by atoms with van der Waals surface area (Å²) in [5.74, 6) is -2.65. The van der Waals surface area contributed by atoms with E-state index in [2.05, 4.69) is 4.98 Å². The van der Waals surface area contributed by atoms with Gasteiger partial charge < -0.3 is 20.2 Å². The highest BCUT2D eigenvalue weighted by Crippen LogP contribution is 2.39. The Hall–Kier alpha value is -2.13. The molecule has 0 saturated carbocycles. The Morgan fingerprint density at radius 3 is 2.10 bits per heavy atom. The molecule has 0 radical (unpaired) electrons. The molecule has 12 heteroatoms. The van der Waals surface area contributed by atoms with E-state index in [4.69, 9.17) is 46.4 Å². The zero-order valence-corrected chi connectivity index (χ0v) is 17.4. The van der Waals surface area contributed by atoms with Crippen molar-refractivity contribution in [1.82, 2.24) is 10.3 Å². The summed E-state index contributed by atoms with van der Waals surface area (Å²) in [6.45, 7) is 0. The van der Waals surface area contributed by atoms with Gasteiger partial charge in [-0.3, -0.25) is 4.79 Å². The monoisotopic (exact) mass is 497 g/mol. The first kappa shape index (κ1) is 22.6. The van der Waals surface area contributed by atoms with E-state index in [0.29, 0.717) is 0 Å². The first-order valence-corrected chi connectivity index (χ1v) is 9.45. The van der Waals surface area contributed by atoms with Crippen molar-refractivity contribution in [2.75, 3.05) is 0 Å². The minimum absolute atomic E-state index is 0.120. The number of aromatic amines is 1. The van der Waals surface area contributed by atoms with Crippen LogP contribution in [0.2, 0.25) is 20.1 Å². The number of fused-ring (bicyclic) bond motifs is 1. The molecule has 1 amide bonds. The van der Waals surface area contributed by atoms with Gasteiger partial charge in [0, 0.05) is 16.5 Å². The second kappa shape index (κ2) is 8.19. The average molecular weight is 499 g/mol. The Bertz CT molecular complexity index is 1150. The molecule has 0 spiro atoms. The molecule has 1 aromatic heterocycles. The standard InChI is InChI=1S/C18H9Cl4F3N2O3/c19-9-5-12-6(1-8(9)17(29)30)4-13(26-12)16(28)27-15(18(23,24)25)7-2-10(20)14(22)11(21)3-7/h1-5,15,26H,(H,27,28)(H,29,30)/p-1. The molecule has 2 aromatic carbocycles. The third kappa shape index (κ3) is 4.46. The summed E-state index contributed by atoms with van der Waals surface area (Å²) in [5.41, 5.74) is -0.754. The number of halogens is 7. The molecular formula is C18H8Cl4F3N2O3-. The molecule has 1 heterocycles. The van der Waals surface area contributed by atoms with Crippen LogP contribution in [-0.4, -0.2) is 23.0 Å². The number of benzene rings is 2. The van der Waals surface area contributed by atoms with E-state index in [1.165, 1.54) is 12.1 Å². The van der Waals surface area contributed by atoms with E-state index in [1.54, 1.807) is 0 Å². The molecule has 0 aliphatic carbocycles. The van der Waals surface area contributed by atoms with Crippen molar-refractivity contribution in [3.05, 3.63) is 67.2 Å². The molecule has 0 aliphatic rings. The molecular weight excluding hydrogens is 491 g/mol. The number of alkyl halides is 3. The van der Waals surface area contributed by atoms with Crippen LogP contribution in [0.25, 0.3) is 10.9 Å². The molecule has 3 rings (SSSR count). The smallest absolute Gasteiger partial charge is 0.412 e. The number of amides is 1. The minimum Gasteiger partial charge on any atom is -0.545 e. The highest BCUT2D eigenvalue weighted by Gasteiger charge is 2.42. The van der Waals surface area contributed by atoms with Gasteiger partial charge in [0.25, 0.3) is 5.91 Å². The Balaban J connectivity index is 1.98. The molecule has 0 saturated heterocycles. The van der Waals surface area contributed by atoms with Crippen molar-refractivity contribution in [2.24, 2.45) is 0 Å². The van der Waals surface area contributed by atoms with Crippen LogP contribution < -0.4 is 10.4 Å². The largest absolute Gasteiger partial charge is 0.545 e. The topological polar surface area (TPSA) is 85.0 Å². The third-order valence-corrected chi connectivity index (χ3v) is 5.62. The summed E-state index contributed by atoms with van der Waals surface area (Å²) < 4.78 is 40.8. The van der Waals surface area contributed by atoms with Crippen molar-refractivity contribution in [3.63, 3.8) is 0 Å². The molecule has 0 fully saturated rings. The predicted octanol–water partition coefficient (Wildman–Crippen LogP) is 5.18. The number of hydrogen-bond acceptors (Lipinski definition) is 3. The van der Waals surface area contributed by atoms with Gasteiger partial charge in [0.2, 0.25) is 0 Å².